The summed E-state index contributed by atoms with van der Waals surface area (Å²) in [5.41, 5.74) is -0.125. The second-order valence-corrected chi connectivity index (χ2v) is 8.98. The lowest BCUT2D eigenvalue weighted by molar-refractivity contribution is -0.385. The van der Waals surface area contributed by atoms with Gasteiger partial charge in [0.1, 0.15) is 11.6 Å². The molecule has 1 N–H and O–H groups in total. The number of nitro groups is 1. The minimum atomic E-state index is -0.719. The Bertz CT molecular complexity index is 1630. The lowest BCUT2D eigenvalue weighted by atomic mass is 10.2. The highest BCUT2D eigenvalue weighted by molar-refractivity contribution is 9.10. The highest BCUT2D eigenvalue weighted by atomic mass is 79.9. The molecule has 0 spiro atoms. The second kappa shape index (κ2) is 10.8. The number of rotatable bonds is 7. The number of halogens is 3. The number of ether oxygens (including phenoxy) is 1. The topological polar surface area (TPSA) is 129 Å². The number of fused-ring (bicyclic) bond motifs is 1. The van der Waals surface area contributed by atoms with E-state index in [0.717, 1.165) is 17.0 Å². The summed E-state index contributed by atoms with van der Waals surface area (Å²) in [5.74, 6) is -1.13. The zero-order valence-electron chi connectivity index (χ0n) is 18.9. The molecule has 1 aromatic heterocycles. The highest BCUT2D eigenvalue weighted by Crippen LogP contribution is 2.34. The Hall–Kier alpha value is -4.16. The van der Waals surface area contributed by atoms with Gasteiger partial charge in [-0.2, -0.15) is 9.78 Å². The molecule has 0 aliphatic rings. The summed E-state index contributed by atoms with van der Waals surface area (Å²) in [6.45, 7) is 0.975. The van der Waals surface area contributed by atoms with E-state index in [0.29, 0.717) is 21.1 Å². The summed E-state index contributed by atoms with van der Waals surface area (Å²) in [5, 5.41) is 18.7. The van der Waals surface area contributed by atoms with Crippen molar-refractivity contribution in [1.82, 2.24) is 9.66 Å². The minimum Gasteiger partial charge on any atom is -0.476 e. The average Bonchev–Trinajstić information content (AvgIpc) is 2.84. The first kappa shape index (κ1) is 25.9. The number of nitrogens with one attached hydrogen (secondary N) is 1. The van der Waals surface area contributed by atoms with Gasteiger partial charge in [-0.15, -0.1) is 0 Å². The molecule has 1 amide bonds. The maximum Gasteiger partial charge on any atom is 0.313 e. The molecule has 188 valence electrons. The quantitative estimate of drug-likeness (QED) is 0.182. The summed E-state index contributed by atoms with van der Waals surface area (Å²) in [4.78, 5) is 40.7. The molecule has 37 heavy (non-hydrogen) atoms. The van der Waals surface area contributed by atoms with Crippen LogP contribution in [0.2, 0.25) is 5.02 Å². The standard InChI is InChI=1S/C24H16BrClFN5O5/c1-13-29-20-7-2-15(25)9-19(20)24(34)31(13)28-11-14-8-16(26)10-21(32(35)36)23(14)37-12-22(33)30-18-5-3-17(27)4-6-18/h2-11H,12H2,1H3,(H,30,33). The van der Waals surface area contributed by atoms with E-state index in [1.807, 2.05) is 0 Å². The monoisotopic (exact) mass is 587 g/mol. The van der Waals surface area contributed by atoms with Crippen molar-refractivity contribution in [2.24, 2.45) is 5.10 Å². The Balaban J connectivity index is 1.67. The number of amides is 1. The van der Waals surface area contributed by atoms with Crippen molar-refractivity contribution in [3.63, 3.8) is 0 Å². The van der Waals surface area contributed by atoms with Gasteiger partial charge in [0.2, 0.25) is 5.75 Å². The Morgan fingerprint density at radius 2 is 2.00 bits per heavy atom. The number of aromatic nitrogens is 2. The van der Waals surface area contributed by atoms with Crippen molar-refractivity contribution in [2.75, 3.05) is 11.9 Å². The number of benzene rings is 3. The van der Waals surface area contributed by atoms with Crippen LogP contribution in [0, 0.1) is 22.9 Å². The van der Waals surface area contributed by atoms with Gasteiger partial charge in [0.05, 0.1) is 22.0 Å². The third-order valence-electron chi connectivity index (χ3n) is 5.02. The molecule has 0 unspecified atom stereocenters. The lowest BCUT2D eigenvalue weighted by Crippen LogP contribution is -2.21. The fraction of sp³-hybridized carbons (Fsp3) is 0.0833. The molecular formula is C24H16BrClFN5O5. The van der Waals surface area contributed by atoms with Crippen LogP contribution >= 0.6 is 27.5 Å². The van der Waals surface area contributed by atoms with E-state index < -0.39 is 34.5 Å². The van der Waals surface area contributed by atoms with Crippen molar-refractivity contribution in [3.05, 3.63) is 102 Å². The Morgan fingerprint density at radius 3 is 2.70 bits per heavy atom. The fourth-order valence-electron chi connectivity index (χ4n) is 3.37. The molecule has 0 atom stereocenters. The van der Waals surface area contributed by atoms with Crippen molar-refractivity contribution in [2.45, 2.75) is 6.92 Å². The van der Waals surface area contributed by atoms with Crippen LogP contribution < -0.4 is 15.6 Å². The zero-order valence-corrected chi connectivity index (χ0v) is 21.3. The first-order valence-corrected chi connectivity index (χ1v) is 11.7. The predicted molar refractivity (Wildman–Crippen MR) is 140 cm³/mol. The number of aryl methyl sites for hydroxylation is 1. The molecule has 0 radical (unpaired) electrons. The number of carbonyl (C=O) groups is 1. The molecule has 0 fully saturated rings. The zero-order chi connectivity index (χ0) is 26.7. The van der Waals surface area contributed by atoms with E-state index in [2.05, 4.69) is 31.3 Å². The summed E-state index contributed by atoms with van der Waals surface area (Å²) in [6.07, 6.45) is 1.16. The van der Waals surface area contributed by atoms with Crippen LogP contribution in [0.3, 0.4) is 0 Å². The maximum atomic E-state index is 13.1. The molecule has 4 rings (SSSR count). The third kappa shape index (κ3) is 5.98. The number of hydrogen-bond donors (Lipinski definition) is 1. The van der Waals surface area contributed by atoms with Gasteiger partial charge in [-0.25, -0.2) is 9.37 Å². The van der Waals surface area contributed by atoms with Crippen molar-refractivity contribution in [1.29, 1.82) is 0 Å². The molecule has 10 nitrogen and oxygen atoms in total. The summed E-state index contributed by atoms with van der Waals surface area (Å²) in [6, 6.07) is 12.5. The van der Waals surface area contributed by atoms with Crippen LogP contribution in [0.15, 0.2) is 69.0 Å². The molecule has 0 aliphatic heterocycles. The van der Waals surface area contributed by atoms with E-state index in [1.54, 1.807) is 25.1 Å². The predicted octanol–water partition coefficient (Wildman–Crippen LogP) is 5.07. The fourth-order valence-corrected chi connectivity index (χ4v) is 3.95. The molecular weight excluding hydrogens is 573 g/mol. The normalized spacial score (nSPS) is 11.1. The van der Waals surface area contributed by atoms with Crippen LogP contribution in [0.25, 0.3) is 10.9 Å². The van der Waals surface area contributed by atoms with Gasteiger partial charge in [-0.3, -0.25) is 19.7 Å². The Kier molecular flexibility index (Phi) is 7.60. The van der Waals surface area contributed by atoms with E-state index in [1.165, 1.54) is 30.3 Å². The Morgan fingerprint density at radius 1 is 1.27 bits per heavy atom. The third-order valence-corrected chi connectivity index (χ3v) is 5.73. The van der Waals surface area contributed by atoms with Crippen LogP contribution in [0.4, 0.5) is 15.8 Å². The maximum absolute atomic E-state index is 13.1. The van der Waals surface area contributed by atoms with E-state index in [9.17, 15) is 24.1 Å². The van der Waals surface area contributed by atoms with Crippen LogP contribution in [0.5, 0.6) is 5.75 Å². The van der Waals surface area contributed by atoms with Crippen LogP contribution in [-0.4, -0.2) is 33.3 Å². The number of carbonyl (C=O) groups excluding carboxylic acids is 1. The highest BCUT2D eigenvalue weighted by Gasteiger charge is 2.22. The van der Waals surface area contributed by atoms with E-state index >= 15 is 0 Å². The SMILES string of the molecule is Cc1nc2ccc(Br)cc2c(=O)n1N=Cc1cc(Cl)cc([N+](=O)[O-])c1OCC(=O)Nc1ccc(F)cc1. The van der Waals surface area contributed by atoms with Gasteiger partial charge in [-0.05, 0) is 55.5 Å². The number of nitrogens with zero attached hydrogens (tertiary/aromatic N) is 4. The van der Waals surface area contributed by atoms with Gasteiger partial charge in [0.15, 0.2) is 6.61 Å². The van der Waals surface area contributed by atoms with Crippen molar-refractivity contribution in [3.8, 4) is 5.75 Å². The van der Waals surface area contributed by atoms with Gasteiger partial charge in [0.25, 0.3) is 11.5 Å². The first-order valence-electron chi connectivity index (χ1n) is 10.5. The smallest absolute Gasteiger partial charge is 0.313 e. The second-order valence-electron chi connectivity index (χ2n) is 7.63. The molecule has 13 heteroatoms. The summed E-state index contributed by atoms with van der Waals surface area (Å²) < 4.78 is 20.3. The summed E-state index contributed by atoms with van der Waals surface area (Å²) >= 11 is 9.39. The largest absolute Gasteiger partial charge is 0.476 e. The summed E-state index contributed by atoms with van der Waals surface area (Å²) in [7, 11) is 0. The van der Waals surface area contributed by atoms with Crippen molar-refractivity contribution < 1.29 is 18.8 Å². The number of hydrogen-bond acceptors (Lipinski definition) is 7. The van der Waals surface area contributed by atoms with Crippen LogP contribution in [0.1, 0.15) is 11.4 Å². The average molecular weight is 589 g/mol. The lowest BCUT2D eigenvalue weighted by Gasteiger charge is -2.11. The molecule has 3 aromatic carbocycles. The molecule has 0 aliphatic carbocycles. The molecule has 0 bridgehead atoms. The number of anilines is 1. The molecule has 0 saturated carbocycles. The van der Waals surface area contributed by atoms with Gasteiger partial charge in [-0.1, -0.05) is 27.5 Å². The molecule has 1 heterocycles. The van der Waals surface area contributed by atoms with Gasteiger partial charge in [0, 0.05) is 26.8 Å². The first-order chi connectivity index (χ1) is 17.6. The molecule has 0 saturated heterocycles. The molecule has 4 aromatic rings. The van der Waals surface area contributed by atoms with Gasteiger partial charge >= 0.3 is 5.69 Å². The number of nitro benzene ring substituents is 1. The van der Waals surface area contributed by atoms with E-state index in [4.69, 9.17) is 16.3 Å². The Labute approximate surface area is 221 Å². The van der Waals surface area contributed by atoms with Gasteiger partial charge < -0.3 is 10.1 Å². The van der Waals surface area contributed by atoms with E-state index in [-0.39, 0.29) is 22.2 Å². The minimum absolute atomic E-state index is 0.0147. The van der Waals surface area contributed by atoms with Crippen LogP contribution in [-0.2, 0) is 4.79 Å². The van der Waals surface area contributed by atoms with Crippen molar-refractivity contribution >= 4 is 61.9 Å².